The summed E-state index contributed by atoms with van der Waals surface area (Å²) in [7, 11) is 0. The molecule has 1 aliphatic carbocycles. The third-order valence-corrected chi connectivity index (χ3v) is 8.62. The minimum atomic E-state index is -0.252. The number of amides is 1. The highest BCUT2D eigenvalue weighted by Crippen LogP contribution is 2.39. The van der Waals surface area contributed by atoms with Crippen molar-refractivity contribution in [2.75, 3.05) is 18.0 Å². The van der Waals surface area contributed by atoms with E-state index in [0.717, 1.165) is 63.0 Å². The van der Waals surface area contributed by atoms with Gasteiger partial charge in [-0.2, -0.15) is 5.26 Å². The predicted octanol–water partition coefficient (Wildman–Crippen LogP) is 4.82. The molecule has 0 unspecified atom stereocenters. The SMILES string of the molecule is CCn1c(N2CCC(C)CC2)c(/C=C2\SC(=S)N(C3CCCCC3)C2=O)c(C)c(C#N)c1=O. The molecule has 33 heavy (non-hydrogen) atoms. The maximum Gasteiger partial charge on any atom is 0.270 e. The summed E-state index contributed by atoms with van der Waals surface area (Å²) in [6, 6.07) is 2.29. The summed E-state index contributed by atoms with van der Waals surface area (Å²) in [5.74, 6) is 1.44. The minimum absolute atomic E-state index is 0.0396. The van der Waals surface area contributed by atoms with E-state index >= 15 is 0 Å². The van der Waals surface area contributed by atoms with Crippen LogP contribution in [0.1, 0.15) is 75.5 Å². The van der Waals surface area contributed by atoms with E-state index in [4.69, 9.17) is 12.2 Å². The van der Waals surface area contributed by atoms with Gasteiger partial charge < -0.3 is 4.90 Å². The first-order chi connectivity index (χ1) is 15.9. The van der Waals surface area contributed by atoms with Gasteiger partial charge in [0.05, 0.1) is 4.91 Å². The average molecular weight is 485 g/mol. The van der Waals surface area contributed by atoms with Crippen LogP contribution >= 0.6 is 24.0 Å². The lowest BCUT2D eigenvalue weighted by molar-refractivity contribution is -0.124. The standard InChI is InChI=1S/C25H32N4O2S2/c1-4-28-22(27-12-10-16(2)11-13-27)19(17(3)20(15-26)23(28)30)14-21-24(31)29(25(32)33-21)18-8-6-5-7-9-18/h14,16,18H,4-13H2,1-3H3/b21-14-. The van der Waals surface area contributed by atoms with Gasteiger partial charge in [0, 0.05) is 31.2 Å². The van der Waals surface area contributed by atoms with E-state index in [9.17, 15) is 14.9 Å². The molecule has 1 aromatic rings. The summed E-state index contributed by atoms with van der Waals surface area (Å²) in [6.07, 6.45) is 9.46. The first kappa shape index (κ1) is 24.0. The van der Waals surface area contributed by atoms with E-state index in [1.807, 2.05) is 24.8 Å². The Morgan fingerprint density at radius 2 is 1.82 bits per heavy atom. The second kappa shape index (κ2) is 10.0. The minimum Gasteiger partial charge on any atom is -0.357 e. The molecule has 0 radical (unpaired) electrons. The largest absolute Gasteiger partial charge is 0.357 e. The molecule has 2 aliphatic heterocycles. The monoisotopic (exact) mass is 484 g/mol. The number of carbonyl (C=O) groups is 1. The highest BCUT2D eigenvalue weighted by Gasteiger charge is 2.38. The zero-order valence-electron chi connectivity index (χ0n) is 19.7. The van der Waals surface area contributed by atoms with Crippen molar-refractivity contribution < 1.29 is 4.79 Å². The number of aromatic nitrogens is 1. The Balaban J connectivity index is 1.82. The molecule has 0 N–H and O–H groups in total. The summed E-state index contributed by atoms with van der Waals surface area (Å²) in [5.41, 5.74) is 1.34. The summed E-state index contributed by atoms with van der Waals surface area (Å²) < 4.78 is 2.32. The molecule has 0 atom stereocenters. The first-order valence-electron chi connectivity index (χ1n) is 12.1. The van der Waals surface area contributed by atoms with Crippen LogP contribution in [0.3, 0.4) is 0 Å². The van der Waals surface area contributed by atoms with E-state index in [1.54, 1.807) is 4.57 Å². The molecular formula is C25H32N4O2S2. The normalized spacial score (nSPS) is 21.8. The van der Waals surface area contributed by atoms with Crippen LogP contribution in [0.15, 0.2) is 9.70 Å². The Hall–Kier alpha value is -2.11. The number of nitriles is 1. The number of hydrogen-bond acceptors (Lipinski definition) is 6. The molecule has 1 amide bonds. The van der Waals surface area contributed by atoms with Crippen LogP contribution in [0.25, 0.3) is 6.08 Å². The third-order valence-electron chi connectivity index (χ3n) is 7.28. The van der Waals surface area contributed by atoms with Crippen LogP contribution in [0.2, 0.25) is 0 Å². The lowest BCUT2D eigenvalue weighted by Gasteiger charge is -2.35. The van der Waals surface area contributed by atoms with Gasteiger partial charge in [0.25, 0.3) is 11.5 Å². The second-order valence-corrected chi connectivity index (χ2v) is 11.1. The molecule has 3 aliphatic rings. The van der Waals surface area contributed by atoms with E-state index in [2.05, 4.69) is 17.9 Å². The Kier molecular flexibility index (Phi) is 7.30. The second-order valence-electron chi connectivity index (χ2n) is 9.41. The number of thioether (sulfide) groups is 1. The van der Waals surface area contributed by atoms with Crippen LogP contribution in [0.5, 0.6) is 0 Å². The van der Waals surface area contributed by atoms with E-state index in [-0.39, 0.29) is 23.1 Å². The molecule has 6 nitrogen and oxygen atoms in total. The third kappa shape index (κ3) is 4.50. The molecule has 3 heterocycles. The van der Waals surface area contributed by atoms with Crippen LogP contribution in [0, 0.1) is 24.2 Å². The molecule has 2 saturated heterocycles. The number of piperidine rings is 1. The van der Waals surface area contributed by atoms with Crippen molar-refractivity contribution in [1.82, 2.24) is 9.47 Å². The van der Waals surface area contributed by atoms with E-state index in [1.165, 1.54) is 18.2 Å². The molecule has 176 valence electrons. The number of pyridine rings is 1. The maximum absolute atomic E-state index is 13.4. The quantitative estimate of drug-likeness (QED) is 0.451. The number of anilines is 1. The number of rotatable bonds is 4. The van der Waals surface area contributed by atoms with Gasteiger partial charge in [-0.05, 0) is 57.1 Å². The van der Waals surface area contributed by atoms with Crippen molar-refractivity contribution in [3.63, 3.8) is 0 Å². The fourth-order valence-electron chi connectivity index (χ4n) is 5.26. The van der Waals surface area contributed by atoms with Gasteiger partial charge in [0.15, 0.2) is 0 Å². The van der Waals surface area contributed by atoms with Gasteiger partial charge in [0.2, 0.25) is 0 Å². The molecule has 1 saturated carbocycles. The Labute approximate surface area is 205 Å². The predicted molar refractivity (Wildman–Crippen MR) is 138 cm³/mol. The number of hydrogen-bond donors (Lipinski definition) is 0. The summed E-state index contributed by atoms with van der Waals surface area (Å²) in [6.45, 7) is 8.19. The smallest absolute Gasteiger partial charge is 0.270 e. The molecule has 0 spiro atoms. The zero-order chi connectivity index (χ0) is 23.7. The number of nitrogens with zero attached hydrogens (tertiary/aromatic N) is 4. The van der Waals surface area contributed by atoms with Gasteiger partial charge in [0.1, 0.15) is 21.8 Å². The van der Waals surface area contributed by atoms with E-state index < -0.39 is 0 Å². The molecular weight excluding hydrogens is 452 g/mol. The zero-order valence-corrected chi connectivity index (χ0v) is 21.4. The lowest BCUT2D eigenvalue weighted by Crippen LogP contribution is -2.40. The molecule has 0 bridgehead atoms. The fourth-order valence-corrected chi connectivity index (χ4v) is 6.65. The van der Waals surface area contributed by atoms with Crippen molar-refractivity contribution in [2.24, 2.45) is 5.92 Å². The molecule has 3 fully saturated rings. The molecule has 1 aromatic heterocycles. The highest BCUT2D eigenvalue weighted by molar-refractivity contribution is 8.26. The molecule has 0 aromatic carbocycles. The Morgan fingerprint density at radius 1 is 1.15 bits per heavy atom. The van der Waals surface area contributed by atoms with Crippen molar-refractivity contribution in [1.29, 1.82) is 5.26 Å². The van der Waals surface area contributed by atoms with Crippen LogP contribution in [-0.4, -0.2) is 38.8 Å². The van der Waals surface area contributed by atoms with Crippen molar-refractivity contribution in [3.8, 4) is 6.07 Å². The van der Waals surface area contributed by atoms with Crippen molar-refractivity contribution in [3.05, 3.63) is 31.9 Å². The molecule has 8 heteroatoms. The van der Waals surface area contributed by atoms with Gasteiger partial charge >= 0.3 is 0 Å². The summed E-state index contributed by atoms with van der Waals surface area (Å²) in [5, 5.41) is 9.75. The van der Waals surface area contributed by atoms with Gasteiger partial charge in [-0.25, -0.2) is 0 Å². The van der Waals surface area contributed by atoms with Gasteiger partial charge in [-0.1, -0.05) is 50.2 Å². The Morgan fingerprint density at radius 3 is 2.42 bits per heavy atom. The summed E-state index contributed by atoms with van der Waals surface area (Å²) in [4.78, 5) is 31.2. The number of thiocarbonyl (C=S) groups is 1. The Bertz CT molecular complexity index is 1090. The fraction of sp³-hybridized carbons (Fsp3) is 0.600. The summed E-state index contributed by atoms with van der Waals surface area (Å²) >= 11 is 6.97. The number of carbonyl (C=O) groups excluding carboxylic acids is 1. The van der Waals surface area contributed by atoms with Crippen molar-refractivity contribution in [2.45, 2.75) is 78.3 Å². The van der Waals surface area contributed by atoms with Crippen molar-refractivity contribution >= 4 is 46.1 Å². The van der Waals surface area contributed by atoms with Gasteiger partial charge in [-0.3, -0.25) is 19.1 Å². The highest BCUT2D eigenvalue weighted by atomic mass is 32.2. The van der Waals surface area contributed by atoms with Crippen LogP contribution in [-0.2, 0) is 11.3 Å². The van der Waals surface area contributed by atoms with Crippen LogP contribution in [0.4, 0.5) is 5.82 Å². The van der Waals surface area contributed by atoms with Gasteiger partial charge in [-0.15, -0.1) is 0 Å². The molecule has 4 rings (SSSR count). The van der Waals surface area contributed by atoms with E-state index in [0.29, 0.717) is 27.3 Å². The topological polar surface area (TPSA) is 69.3 Å². The maximum atomic E-state index is 13.4. The average Bonchev–Trinajstić information content (AvgIpc) is 3.09. The van der Waals surface area contributed by atoms with Crippen LogP contribution < -0.4 is 10.5 Å². The lowest BCUT2D eigenvalue weighted by atomic mass is 9.94. The first-order valence-corrected chi connectivity index (χ1v) is 13.3.